The second-order valence-electron chi connectivity index (χ2n) is 6.66. The molecular formula is C20H23N7O. The van der Waals surface area contributed by atoms with E-state index in [4.69, 9.17) is 10.6 Å². The molecule has 3 aromatic rings. The van der Waals surface area contributed by atoms with Crippen molar-refractivity contribution in [2.24, 2.45) is 5.84 Å². The number of fused-ring (bicyclic) bond motifs is 1. The molecule has 4 N–H and O–H groups in total. The molecular weight excluding hydrogens is 354 g/mol. The van der Waals surface area contributed by atoms with Gasteiger partial charge in [-0.05, 0) is 29.7 Å². The Labute approximate surface area is 163 Å². The number of hydrazine groups is 1. The van der Waals surface area contributed by atoms with E-state index in [9.17, 15) is 0 Å². The Morgan fingerprint density at radius 1 is 1.39 bits per heavy atom. The zero-order valence-electron chi connectivity index (χ0n) is 15.7. The molecule has 0 saturated carbocycles. The number of allylic oxidation sites excluding steroid dienone is 2. The normalized spacial score (nSPS) is 17.3. The van der Waals surface area contributed by atoms with Gasteiger partial charge in [-0.25, -0.2) is 9.97 Å². The molecule has 4 rings (SSSR count). The highest BCUT2D eigenvalue weighted by Gasteiger charge is 2.24. The lowest BCUT2D eigenvalue weighted by molar-refractivity contribution is 0.121. The topological polar surface area (TPSA) is 105 Å². The van der Waals surface area contributed by atoms with E-state index in [0.29, 0.717) is 0 Å². The lowest BCUT2D eigenvalue weighted by Crippen LogP contribution is -2.23. The average molecular weight is 377 g/mol. The molecule has 144 valence electrons. The van der Waals surface area contributed by atoms with Gasteiger partial charge in [-0.2, -0.15) is 5.10 Å². The monoisotopic (exact) mass is 377 g/mol. The van der Waals surface area contributed by atoms with E-state index in [2.05, 4.69) is 43.1 Å². The van der Waals surface area contributed by atoms with Crippen LogP contribution < -0.4 is 16.2 Å². The summed E-state index contributed by atoms with van der Waals surface area (Å²) in [4.78, 5) is 11.1. The highest BCUT2D eigenvalue weighted by atomic mass is 16.5. The fraction of sp³-hybridized carbons (Fsp3) is 0.250. The Hall–Kier alpha value is -3.23. The van der Waals surface area contributed by atoms with Crippen LogP contribution in [0.15, 0.2) is 49.4 Å². The molecule has 1 aliphatic heterocycles. The summed E-state index contributed by atoms with van der Waals surface area (Å²) in [6.45, 7) is 5.60. The van der Waals surface area contributed by atoms with Crippen molar-refractivity contribution in [3.63, 3.8) is 0 Å². The van der Waals surface area contributed by atoms with Gasteiger partial charge >= 0.3 is 0 Å². The van der Waals surface area contributed by atoms with E-state index in [-0.39, 0.29) is 6.10 Å². The van der Waals surface area contributed by atoms with Gasteiger partial charge in [0.15, 0.2) is 0 Å². The van der Waals surface area contributed by atoms with Gasteiger partial charge in [0.05, 0.1) is 17.3 Å². The maximum Gasteiger partial charge on any atom is 0.132 e. The molecule has 8 heteroatoms. The fourth-order valence-electron chi connectivity index (χ4n) is 3.52. The van der Waals surface area contributed by atoms with Crippen LogP contribution in [0.25, 0.3) is 27.9 Å². The van der Waals surface area contributed by atoms with E-state index < -0.39 is 0 Å². The van der Waals surface area contributed by atoms with Crippen molar-refractivity contribution in [1.29, 1.82) is 0 Å². The van der Waals surface area contributed by atoms with Gasteiger partial charge in [0.1, 0.15) is 17.8 Å². The number of ether oxygens (including phenoxy) is 1. The van der Waals surface area contributed by atoms with Crippen LogP contribution in [0.5, 0.6) is 0 Å². The minimum Gasteiger partial charge on any atom is -0.380 e. The second kappa shape index (κ2) is 7.79. The second-order valence-corrected chi connectivity index (χ2v) is 6.66. The van der Waals surface area contributed by atoms with Crippen molar-refractivity contribution >= 4 is 22.3 Å². The Morgan fingerprint density at radius 2 is 2.29 bits per heavy atom. The Kier molecular flexibility index (Phi) is 5.05. The van der Waals surface area contributed by atoms with Crippen LogP contribution in [0.4, 0.5) is 5.82 Å². The minimum atomic E-state index is 0.243. The zero-order chi connectivity index (χ0) is 19.5. The van der Waals surface area contributed by atoms with Crippen molar-refractivity contribution in [2.75, 3.05) is 25.1 Å². The molecule has 0 bridgehead atoms. The summed E-state index contributed by atoms with van der Waals surface area (Å²) in [5.74, 6) is 6.31. The maximum absolute atomic E-state index is 5.46. The van der Waals surface area contributed by atoms with Crippen LogP contribution >= 0.6 is 0 Å². The van der Waals surface area contributed by atoms with Gasteiger partial charge in [-0.3, -0.25) is 10.9 Å². The lowest BCUT2D eigenvalue weighted by atomic mass is 10.0. The Balaban J connectivity index is 1.72. The molecule has 3 heterocycles. The van der Waals surface area contributed by atoms with Gasteiger partial charge in [-0.1, -0.05) is 18.7 Å². The molecule has 0 spiro atoms. The minimum absolute atomic E-state index is 0.243. The number of benzene rings is 1. The number of rotatable bonds is 6. The van der Waals surface area contributed by atoms with Gasteiger partial charge in [0.25, 0.3) is 0 Å². The fourth-order valence-corrected chi connectivity index (χ4v) is 3.52. The highest BCUT2D eigenvalue weighted by molar-refractivity contribution is 5.95. The van der Waals surface area contributed by atoms with Gasteiger partial charge < -0.3 is 15.1 Å². The van der Waals surface area contributed by atoms with E-state index in [0.717, 1.165) is 58.8 Å². The summed E-state index contributed by atoms with van der Waals surface area (Å²) in [5, 5.41) is 8.55. The van der Waals surface area contributed by atoms with Crippen LogP contribution in [0.1, 0.15) is 12.0 Å². The number of aromatic amines is 1. The predicted octanol–water partition coefficient (Wildman–Crippen LogP) is 2.24. The van der Waals surface area contributed by atoms with E-state index in [1.54, 1.807) is 25.7 Å². The van der Waals surface area contributed by atoms with Gasteiger partial charge in [0.2, 0.25) is 0 Å². The SMILES string of the molecule is C=C/C(=C\NN)c1ccc2[nH]nc(-c3cc(N4CC[C@@H](OC)C4)ncn3)c2c1. The number of nitrogens with one attached hydrogen (secondary N) is 2. The summed E-state index contributed by atoms with van der Waals surface area (Å²) < 4.78 is 5.46. The van der Waals surface area contributed by atoms with Crippen molar-refractivity contribution in [1.82, 2.24) is 25.6 Å². The molecule has 1 atom stereocenters. The average Bonchev–Trinajstić information content (AvgIpc) is 3.38. The van der Waals surface area contributed by atoms with Crippen LogP contribution in [0, 0.1) is 0 Å². The molecule has 28 heavy (non-hydrogen) atoms. The third-order valence-corrected chi connectivity index (χ3v) is 5.05. The number of anilines is 1. The van der Waals surface area contributed by atoms with Crippen LogP contribution in [-0.2, 0) is 4.74 Å². The molecule has 1 aliphatic rings. The largest absolute Gasteiger partial charge is 0.380 e. The van der Waals surface area contributed by atoms with Crippen molar-refractivity contribution in [3.8, 4) is 11.4 Å². The smallest absolute Gasteiger partial charge is 0.132 e. The number of nitrogens with zero attached hydrogens (tertiary/aromatic N) is 4. The van der Waals surface area contributed by atoms with E-state index in [1.165, 1.54) is 0 Å². The lowest BCUT2D eigenvalue weighted by Gasteiger charge is -2.17. The number of H-pyrrole nitrogens is 1. The first kappa shape index (κ1) is 18.1. The number of nitrogens with two attached hydrogens (primary N) is 1. The van der Waals surface area contributed by atoms with Gasteiger partial charge in [-0.15, -0.1) is 0 Å². The number of hydrogen-bond donors (Lipinski definition) is 3. The summed E-state index contributed by atoms with van der Waals surface area (Å²) in [6.07, 6.45) is 6.28. The quantitative estimate of drug-likeness (QED) is 0.344. The third-order valence-electron chi connectivity index (χ3n) is 5.05. The Morgan fingerprint density at radius 3 is 3.04 bits per heavy atom. The number of hydrogen-bond acceptors (Lipinski definition) is 7. The molecule has 2 aromatic heterocycles. The number of methoxy groups -OCH3 is 1. The summed E-state index contributed by atoms with van der Waals surface area (Å²) >= 11 is 0. The molecule has 0 unspecified atom stereocenters. The van der Waals surface area contributed by atoms with E-state index in [1.807, 2.05) is 18.2 Å². The summed E-state index contributed by atoms with van der Waals surface area (Å²) in [6, 6.07) is 8.01. The van der Waals surface area contributed by atoms with Crippen LogP contribution in [0.3, 0.4) is 0 Å². The number of aromatic nitrogens is 4. The van der Waals surface area contributed by atoms with Gasteiger partial charge in [0, 0.05) is 37.9 Å². The summed E-state index contributed by atoms with van der Waals surface area (Å²) in [7, 11) is 1.75. The molecule has 1 fully saturated rings. The van der Waals surface area contributed by atoms with E-state index >= 15 is 0 Å². The first-order valence-electron chi connectivity index (χ1n) is 9.11. The Bertz CT molecular complexity index is 1030. The zero-order valence-corrected chi connectivity index (χ0v) is 15.7. The molecule has 0 radical (unpaired) electrons. The summed E-state index contributed by atoms with van der Waals surface area (Å²) in [5.41, 5.74) is 6.93. The molecule has 1 aromatic carbocycles. The molecule has 0 amide bonds. The van der Waals surface area contributed by atoms with Crippen molar-refractivity contribution in [3.05, 3.63) is 55.0 Å². The first-order chi connectivity index (χ1) is 13.7. The molecule has 8 nitrogen and oxygen atoms in total. The highest BCUT2D eigenvalue weighted by Crippen LogP contribution is 2.30. The molecule has 0 aliphatic carbocycles. The van der Waals surface area contributed by atoms with Crippen molar-refractivity contribution in [2.45, 2.75) is 12.5 Å². The maximum atomic E-state index is 5.46. The predicted molar refractivity (Wildman–Crippen MR) is 110 cm³/mol. The molecule has 1 saturated heterocycles. The van der Waals surface area contributed by atoms with Crippen LogP contribution in [-0.4, -0.2) is 46.5 Å². The standard InChI is InChI=1S/C20H23N7O/c1-3-13(10-24-21)14-4-5-17-16(8-14)20(26-25-17)18-9-19(23-12-22-18)27-7-6-15(11-27)28-2/h3-5,8-10,12,15,24H,1,6-7,11,21H2,2H3,(H,25,26)/b13-10+/t15-/m1/s1. The van der Waals surface area contributed by atoms with Crippen LogP contribution in [0.2, 0.25) is 0 Å². The van der Waals surface area contributed by atoms with Crippen molar-refractivity contribution < 1.29 is 4.74 Å². The first-order valence-corrected chi connectivity index (χ1v) is 9.11. The third kappa shape index (κ3) is 3.35.